The van der Waals surface area contributed by atoms with Gasteiger partial charge in [0, 0.05) is 19.6 Å². The van der Waals surface area contributed by atoms with E-state index in [-0.39, 0.29) is 18.4 Å². The molecule has 19 heavy (non-hydrogen) atoms. The summed E-state index contributed by atoms with van der Waals surface area (Å²) in [5, 5.41) is 8.86. The summed E-state index contributed by atoms with van der Waals surface area (Å²) in [5.41, 5.74) is 5.63. The van der Waals surface area contributed by atoms with Gasteiger partial charge in [-0.25, -0.2) is 0 Å². The van der Waals surface area contributed by atoms with Crippen molar-refractivity contribution in [3.05, 3.63) is 0 Å². The third-order valence-electron chi connectivity index (χ3n) is 3.73. The second kappa shape index (κ2) is 8.12. The molecule has 0 heterocycles. The topological polar surface area (TPSA) is 92.9 Å². The first kappa shape index (κ1) is 15.9. The molecule has 0 aromatic heterocycles. The van der Waals surface area contributed by atoms with Gasteiger partial charge < -0.3 is 20.5 Å². The Morgan fingerprint density at radius 2 is 1.95 bits per heavy atom. The van der Waals surface area contributed by atoms with Gasteiger partial charge in [0.1, 0.15) is 6.54 Å². The van der Waals surface area contributed by atoms with Crippen LogP contribution in [-0.4, -0.2) is 55.2 Å². The number of aliphatic carboxylic acids is 1. The zero-order valence-electron chi connectivity index (χ0n) is 11.5. The van der Waals surface area contributed by atoms with E-state index in [9.17, 15) is 9.59 Å². The molecule has 0 spiro atoms. The predicted molar refractivity (Wildman–Crippen MR) is 70.6 cm³/mol. The van der Waals surface area contributed by atoms with Crippen molar-refractivity contribution in [1.29, 1.82) is 0 Å². The average molecular weight is 272 g/mol. The van der Waals surface area contributed by atoms with Crippen molar-refractivity contribution in [2.24, 2.45) is 17.6 Å². The fraction of sp³-hybridized carbons (Fsp3) is 0.846. The van der Waals surface area contributed by atoms with Crippen molar-refractivity contribution in [2.75, 3.05) is 33.4 Å². The Morgan fingerprint density at radius 3 is 2.42 bits per heavy atom. The van der Waals surface area contributed by atoms with E-state index in [1.807, 2.05) is 0 Å². The van der Waals surface area contributed by atoms with Crippen LogP contribution in [0.2, 0.25) is 0 Å². The van der Waals surface area contributed by atoms with E-state index in [4.69, 9.17) is 15.6 Å². The van der Waals surface area contributed by atoms with E-state index in [0.717, 1.165) is 25.7 Å². The van der Waals surface area contributed by atoms with E-state index >= 15 is 0 Å². The minimum atomic E-state index is -0.986. The molecule has 1 rings (SSSR count). The normalized spacial score (nSPS) is 23.1. The highest BCUT2D eigenvalue weighted by molar-refractivity contribution is 5.83. The first-order chi connectivity index (χ1) is 9.08. The maximum absolute atomic E-state index is 12.3. The summed E-state index contributed by atoms with van der Waals surface area (Å²) in [6, 6.07) is 0. The van der Waals surface area contributed by atoms with Gasteiger partial charge in [-0.1, -0.05) is 0 Å². The second-order valence-corrected chi connectivity index (χ2v) is 5.10. The summed E-state index contributed by atoms with van der Waals surface area (Å²) in [5.74, 6) is -0.593. The molecule has 1 aliphatic carbocycles. The number of methoxy groups -OCH3 is 1. The number of carbonyl (C=O) groups excluding carboxylic acids is 1. The fourth-order valence-electron chi connectivity index (χ4n) is 2.54. The van der Waals surface area contributed by atoms with Crippen LogP contribution in [0.1, 0.15) is 25.7 Å². The summed E-state index contributed by atoms with van der Waals surface area (Å²) < 4.78 is 4.92. The molecule has 1 saturated carbocycles. The molecule has 110 valence electrons. The number of ether oxygens (including phenoxy) is 1. The third-order valence-corrected chi connectivity index (χ3v) is 3.73. The van der Waals surface area contributed by atoms with E-state index < -0.39 is 5.97 Å². The van der Waals surface area contributed by atoms with E-state index in [2.05, 4.69) is 0 Å². The lowest BCUT2D eigenvalue weighted by molar-refractivity contribution is -0.147. The first-order valence-corrected chi connectivity index (χ1v) is 6.78. The Bertz CT molecular complexity index is 301. The SMILES string of the molecule is COCCN(CC(=O)O)C(=O)C1CCC(CN)CC1. The fourth-order valence-corrected chi connectivity index (χ4v) is 2.54. The molecule has 6 nitrogen and oxygen atoms in total. The minimum Gasteiger partial charge on any atom is -0.480 e. The lowest BCUT2D eigenvalue weighted by Gasteiger charge is -2.31. The van der Waals surface area contributed by atoms with Crippen molar-refractivity contribution < 1.29 is 19.4 Å². The molecule has 0 unspecified atom stereocenters. The highest BCUT2D eigenvalue weighted by atomic mass is 16.5. The number of carbonyl (C=O) groups is 2. The van der Waals surface area contributed by atoms with Crippen molar-refractivity contribution in [3.8, 4) is 0 Å². The Balaban J connectivity index is 2.53. The molecule has 3 N–H and O–H groups in total. The molecule has 0 atom stereocenters. The van der Waals surface area contributed by atoms with Gasteiger partial charge in [-0.15, -0.1) is 0 Å². The number of rotatable bonds is 7. The van der Waals surface area contributed by atoms with Crippen LogP contribution in [0.5, 0.6) is 0 Å². The zero-order valence-corrected chi connectivity index (χ0v) is 11.5. The van der Waals surface area contributed by atoms with Gasteiger partial charge >= 0.3 is 5.97 Å². The van der Waals surface area contributed by atoms with Gasteiger partial charge in [-0.2, -0.15) is 0 Å². The maximum Gasteiger partial charge on any atom is 0.323 e. The Kier molecular flexibility index (Phi) is 6.80. The summed E-state index contributed by atoms with van der Waals surface area (Å²) in [7, 11) is 1.54. The first-order valence-electron chi connectivity index (χ1n) is 6.78. The van der Waals surface area contributed by atoms with Crippen LogP contribution in [0.3, 0.4) is 0 Å². The molecule has 0 aliphatic heterocycles. The van der Waals surface area contributed by atoms with Gasteiger partial charge in [0.25, 0.3) is 0 Å². The molecule has 6 heteroatoms. The van der Waals surface area contributed by atoms with E-state index in [1.54, 1.807) is 0 Å². The monoisotopic (exact) mass is 272 g/mol. The van der Waals surface area contributed by atoms with Crippen molar-refractivity contribution in [3.63, 3.8) is 0 Å². The minimum absolute atomic E-state index is 0.0565. The highest BCUT2D eigenvalue weighted by Crippen LogP contribution is 2.29. The molecular weight excluding hydrogens is 248 g/mol. The second-order valence-electron chi connectivity index (χ2n) is 5.10. The van der Waals surface area contributed by atoms with Crippen LogP contribution in [0.25, 0.3) is 0 Å². The van der Waals surface area contributed by atoms with Gasteiger partial charge in [-0.05, 0) is 38.1 Å². The number of hydrogen-bond acceptors (Lipinski definition) is 4. The molecule has 0 radical (unpaired) electrons. The quantitative estimate of drug-likeness (QED) is 0.696. The number of carboxylic acid groups (broad SMARTS) is 1. The number of hydrogen-bond donors (Lipinski definition) is 2. The molecule has 0 aromatic rings. The Labute approximate surface area is 113 Å². The van der Waals surface area contributed by atoms with Gasteiger partial charge in [-0.3, -0.25) is 9.59 Å². The lowest BCUT2D eigenvalue weighted by Crippen LogP contribution is -2.42. The van der Waals surface area contributed by atoms with Crippen LogP contribution < -0.4 is 5.73 Å². The standard InChI is InChI=1S/C13H24N2O4/c1-19-7-6-15(9-12(16)17)13(18)11-4-2-10(8-14)3-5-11/h10-11H,2-9,14H2,1H3,(H,16,17). The third kappa shape index (κ3) is 5.16. The zero-order chi connectivity index (χ0) is 14.3. The summed E-state index contributed by atoms with van der Waals surface area (Å²) in [6.07, 6.45) is 3.53. The average Bonchev–Trinajstić information content (AvgIpc) is 2.42. The smallest absolute Gasteiger partial charge is 0.323 e. The molecule has 0 bridgehead atoms. The number of nitrogens with zero attached hydrogens (tertiary/aromatic N) is 1. The van der Waals surface area contributed by atoms with Gasteiger partial charge in [0.2, 0.25) is 5.91 Å². The molecular formula is C13H24N2O4. The van der Waals surface area contributed by atoms with E-state index in [0.29, 0.717) is 25.6 Å². The van der Waals surface area contributed by atoms with E-state index in [1.165, 1.54) is 12.0 Å². The predicted octanol–water partition coefficient (Wildman–Crippen LogP) is 0.311. The van der Waals surface area contributed by atoms with Crippen molar-refractivity contribution in [2.45, 2.75) is 25.7 Å². The molecule has 0 saturated heterocycles. The molecule has 1 aliphatic rings. The van der Waals surface area contributed by atoms with Crippen LogP contribution in [-0.2, 0) is 14.3 Å². The molecule has 1 amide bonds. The Morgan fingerprint density at radius 1 is 1.32 bits per heavy atom. The molecule has 0 aromatic carbocycles. The van der Waals surface area contributed by atoms with Crippen LogP contribution in [0.4, 0.5) is 0 Å². The molecule has 1 fully saturated rings. The van der Waals surface area contributed by atoms with Crippen LogP contribution in [0, 0.1) is 11.8 Å². The number of carboxylic acids is 1. The summed E-state index contributed by atoms with van der Waals surface area (Å²) >= 11 is 0. The van der Waals surface area contributed by atoms with Crippen LogP contribution >= 0.6 is 0 Å². The summed E-state index contributed by atoms with van der Waals surface area (Å²) in [4.78, 5) is 24.5. The maximum atomic E-state index is 12.3. The lowest BCUT2D eigenvalue weighted by atomic mass is 9.81. The number of nitrogens with two attached hydrogens (primary N) is 1. The largest absolute Gasteiger partial charge is 0.480 e. The van der Waals surface area contributed by atoms with Crippen LogP contribution in [0.15, 0.2) is 0 Å². The van der Waals surface area contributed by atoms with Gasteiger partial charge in [0.15, 0.2) is 0 Å². The highest BCUT2D eigenvalue weighted by Gasteiger charge is 2.29. The van der Waals surface area contributed by atoms with Crippen molar-refractivity contribution in [1.82, 2.24) is 4.90 Å². The number of amides is 1. The Hall–Kier alpha value is -1.14. The summed E-state index contributed by atoms with van der Waals surface area (Å²) in [6.45, 7) is 1.11. The van der Waals surface area contributed by atoms with Crippen molar-refractivity contribution >= 4 is 11.9 Å². The van der Waals surface area contributed by atoms with Gasteiger partial charge in [0.05, 0.1) is 6.61 Å².